The van der Waals surface area contributed by atoms with Gasteiger partial charge in [0.2, 0.25) is 0 Å². The van der Waals surface area contributed by atoms with Crippen molar-refractivity contribution in [3.8, 4) is 0 Å². The van der Waals surface area contributed by atoms with Crippen LogP contribution in [0.3, 0.4) is 0 Å². The summed E-state index contributed by atoms with van der Waals surface area (Å²) in [7, 11) is 0. The highest BCUT2D eigenvalue weighted by atomic mass is 14.9. The molecule has 0 aromatic rings. The van der Waals surface area contributed by atoms with E-state index in [0.29, 0.717) is 6.04 Å². The highest BCUT2D eigenvalue weighted by Crippen LogP contribution is 2.03. The largest absolute Gasteiger partial charge is 0.386 e. The van der Waals surface area contributed by atoms with E-state index in [1.807, 2.05) is 0 Å². The second-order valence-electron chi connectivity index (χ2n) is 3.01. The van der Waals surface area contributed by atoms with Gasteiger partial charge in [-0.1, -0.05) is 33.8 Å². The number of rotatable bonds is 6. The highest BCUT2D eigenvalue weighted by molar-refractivity contribution is 4.92. The summed E-state index contributed by atoms with van der Waals surface area (Å²) in [4.78, 5) is 0. The van der Waals surface area contributed by atoms with E-state index in [1.54, 1.807) is 0 Å². The van der Waals surface area contributed by atoms with Crippen LogP contribution in [-0.2, 0) is 0 Å². The lowest BCUT2D eigenvalue weighted by atomic mass is 10.1. The van der Waals surface area contributed by atoms with E-state index >= 15 is 0 Å². The maximum atomic E-state index is 3.97. The molecule has 0 saturated carbocycles. The first-order chi connectivity index (χ1) is 5.24. The smallest absolute Gasteiger partial charge is 0.0252 e. The van der Waals surface area contributed by atoms with Crippen molar-refractivity contribution in [2.45, 2.75) is 52.5 Å². The van der Waals surface area contributed by atoms with Gasteiger partial charge in [0.1, 0.15) is 0 Å². The summed E-state index contributed by atoms with van der Waals surface area (Å²) < 4.78 is 0. The van der Waals surface area contributed by atoms with E-state index in [1.165, 1.54) is 25.0 Å². The van der Waals surface area contributed by atoms with Crippen molar-refractivity contribution in [3.05, 3.63) is 12.3 Å². The minimum Gasteiger partial charge on any atom is -0.386 e. The first-order valence-corrected chi connectivity index (χ1v) is 4.68. The topological polar surface area (TPSA) is 12.0 Å². The van der Waals surface area contributed by atoms with Gasteiger partial charge in [-0.15, -0.1) is 0 Å². The Bertz CT molecular complexity index is 103. The van der Waals surface area contributed by atoms with Gasteiger partial charge in [0.25, 0.3) is 0 Å². The Balaban J connectivity index is 3.54. The molecule has 0 spiro atoms. The fourth-order valence-electron chi connectivity index (χ4n) is 1.16. The highest BCUT2D eigenvalue weighted by Gasteiger charge is 2.01. The molecule has 0 amide bonds. The zero-order valence-electron chi connectivity index (χ0n) is 8.11. The molecule has 0 aliphatic heterocycles. The maximum Gasteiger partial charge on any atom is 0.0252 e. The molecule has 0 unspecified atom stereocenters. The van der Waals surface area contributed by atoms with Crippen molar-refractivity contribution < 1.29 is 0 Å². The Hall–Kier alpha value is -0.460. The lowest BCUT2D eigenvalue weighted by molar-refractivity contribution is 0.522. The lowest BCUT2D eigenvalue weighted by Gasteiger charge is -2.17. The lowest BCUT2D eigenvalue weighted by Crippen LogP contribution is -2.26. The van der Waals surface area contributed by atoms with Crippen molar-refractivity contribution in [1.29, 1.82) is 0 Å². The second kappa shape index (κ2) is 6.26. The molecule has 1 nitrogen and oxygen atoms in total. The Morgan fingerprint density at radius 2 is 1.82 bits per heavy atom. The van der Waals surface area contributed by atoms with E-state index < -0.39 is 0 Å². The van der Waals surface area contributed by atoms with Crippen molar-refractivity contribution in [3.63, 3.8) is 0 Å². The monoisotopic (exact) mass is 155 g/mol. The summed E-state index contributed by atoms with van der Waals surface area (Å²) >= 11 is 0. The number of hydrogen-bond acceptors (Lipinski definition) is 1. The summed E-state index contributed by atoms with van der Waals surface area (Å²) in [6, 6.07) is 0.633. The molecule has 11 heavy (non-hydrogen) atoms. The van der Waals surface area contributed by atoms with Crippen LogP contribution in [0.2, 0.25) is 0 Å². The molecular formula is C10H21N. The minimum atomic E-state index is 0.633. The molecule has 1 heteroatoms. The van der Waals surface area contributed by atoms with E-state index in [2.05, 4.69) is 32.7 Å². The molecule has 0 saturated heterocycles. The van der Waals surface area contributed by atoms with E-state index in [9.17, 15) is 0 Å². The van der Waals surface area contributed by atoms with E-state index in [4.69, 9.17) is 0 Å². The van der Waals surface area contributed by atoms with E-state index in [0.717, 1.165) is 6.42 Å². The average Bonchev–Trinajstić information content (AvgIpc) is 2.01. The molecular weight excluding hydrogens is 134 g/mol. The van der Waals surface area contributed by atoms with E-state index in [-0.39, 0.29) is 0 Å². The molecule has 0 aliphatic carbocycles. The fourth-order valence-corrected chi connectivity index (χ4v) is 1.16. The van der Waals surface area contributed by atoms with Gasteiger partial charge in [-0.05, 0) is 19.3 Å². The van der Waals surface area contributed by atoms with Crippen LogP contribution in [0.4, 0.5) is 0 Å². The van der Waals surface area contributed by atoms with Crippen LogP contribution in [0.25, 0.3) is 0 Å². The van der Waals surface area contributed by atoms with Gasteiger partial charge in [0, 0.05) is 11.7 Å². The summed E-state index contributed by atoms with van der Waals surface area (Å²) in [5.41, 5.74) is 1.20. The molecule has 0 atom stereocenters. The predicted octanol–water partition coefficient (Wildman–Crippen LogP) is 3.08. The summed E-state index contributed by atoms with van der Waals surface area (Å²) in [5.74, 6) is 0. The van der Waals surface area contributed by atoms with Gasteiger partial charge in [0.15, 0.2) is 0 Å². The van der Waals surface area contributed by atoms with Crippen molar-refractivity contribution in [1.82, 2.24) is 5.32 Å². The maximum absolute atomic E-state index is 3.97. The quantitative estimate of drug-likeness (QED) is 0.621. The Morgan fingerprint density at radius 1 is 1.27 bits per heavy atom. The van der Waals surface area contributed by atoms with Crippen LogP contribution in [0.5, 0.6) is 0 Å². The normalized spacial score (nSPS) is 10.2. The standard InChI is InChI=1S/C10H21N/c1-5-8-9(4)11-10(6-2)7-3/h10-11H,4-8H2,1-3H3. The van der Waals surface area contributed by atoms with Crippen LogP contribution in [0, 0.1) is 0 Å². The molecule has 66 valence electrons. The average molecular weight is 155 g/mol. The van der Waals surface area contributed by atoms with Crippen molar-refractivity contribution in [2.24, 2.45) is 0 Å². The van der Waals surface area contributed by atoms with Gasteiger partial charge < -0.3 is 5.32 Å². The number of allylic oxidation sites excluding steroid dienone is 1. The molecule has 0 aliphatic rings. The molecule has 1 N–H and O–H groups in total. The number of hydrogen-bond donors (Lipinski definition) is 1. The van der Waals surface area contributed by atoms with Gasteiger partial charge in [-0.2, -0.15) is 0 Å². The minimum absolute atomic E-state index is 0.633. The zero-order chi connectivity index (χ0) is 8.69. The first-order valence-electron chi connectivity index (χ1n) is 4.68. The summed E-state index contributed by atoms with van der Waals surface area (Å²) in [6.45, 7) is 10.6. The van der Waals surface area contributed by atoms with Crippen LogP contribution in [-0.4, -0.2) is 6.04 Å². The third-order valence-corrected chi connectivity index (χ3v) is 1.95. The molecule has 0 aromatic carbocycles. The molecule has 0 rings (SSSR count). The summed E-state index contributed by atoms with van der Waals surface area (Å²) in [5, 5.41) is 3.42. The molecule has 0 radical (unpaired) electrons. The van der Waals surface area contributed by atoms with Crippen molar-refractivity contribution in [2.75, 3.05) is 0 Å². The van der Waals surface area contributed by atoms with Gasteiger partial charge >= 0.3 is 0 Å². The predicted molar refractivity (Wildman–Crippen MR) is 51.6 cm³/mol. The molecule has 0 heterocycles. The first kappa shape index (κ1) is 10.5. The van der Waals surface area contributed by atoms with Crippen LogP contribution < -0.4 is 5.32 Å². The molecule has 0 fully saturated rings. The van der Waals surface area contributed by atoms with Gasteiger partial charge in [-0.3, -0.25) is 0 Å². The summed E-state index contributed by atoms with van der Waals surface area (Å²) in [6.07, 6.45) is 4.68. The van der Waals surface area contributed by atoms with Gasteiger partial charge in [-0.25, -0.2) is 0 Å². The Labute approximate surface area is 70.9 Å². The Morgan fingerprint density at radius 3 is 2.18 bits per heavy atom. The SMILES string of the molecule is C=C(CCC)NC(CC)CC. The van der Waals surface area contributed by atoms with Crippen LogP contribution in [0.1, 0.15) is 46.5 Å². The fraction of sp³-hybridized carbons (Fsp3) is 0.800. The van der Waals surface area contributed by atoms with Crippen LogP contribution in [0.15, 0.2) is 12.3 Å². The van der Waals surface area contributed by atoms with Gasteiger partial charge in [0.05, 0.1) is 0 Å². The Kier molecular flexibility index (Phi) is 6.00. The third kappa shape index (κ3) is 4.88. The molecule has 0 bridgehead atoms. The third-order valence-electron chi connectivity index (χ3n) is 1.95. The second-order valence-corrected chi connectivity index (χ2v) is 3.01. The molecule has 0 aromatic heterocycles. The van der Waals surface area contributed by atoms with Crippen molar-refractivity contribution >= 4 is 0 Å². The zero-order valence-corrected chi connectivity index (χ0v) is 8.11. The van der Waals surface area contributed by atoms with Crippen LogP contribution >= 0.6 is 0 Å². The number of nitrogens with one attached hydrogen (secondary N) is 1.